The van der Waals surface area contributed by atoms with E-state index in [4.69, 9.17) is 10.8 Å². The molecule has 3 N–H and O–H groups in total. The number of unbranched alkanes of at least 4 members (excludes halogenated alkanes) is 1. The highest BCUT2D eigenvalue weighted by atomic mass is 16.4. The highest BCUT2D eigenvalue weighted by molar-refractivity contribution is 5.80. The molecule has 1 atom stereocenters. The molecule has 0 radical (unpaired) electrons. The lowest BCUT2D eigenvalue weighted by atomic mass is 10.1. The Hall–Kier alpha value is -2.10. The minimum Gasteiger partial charge on any atom is -0.478 e. The van der Waals surface area contributed by atoms with Crippen LogP contribution in [0, 0.1) is 5.92 Å². The van der Waals surface area contributed by atoms with Crippen LogP contribution < -0.4 is 5.73 Å². The van der Waals surface area contributed by atoms with Crippen LogP contribution in [0.15, 0.2) is 48.6 Å². The molecule has 0 aliphatic heterocycles. The summed E-state index contributed by atoms with van der Waals surface area (Å²) < 4.78 is 0. The smallest absolute Gasteiger partial charge is 0.328 e. The lowest BCUT2D eigenvalue weighted by Crippen LogP contribution is -2.19. The monoisotopic (exact) mass is 293 g/mol. The summed E-state index contributed by atoms with van der Waals surface area (Å²) in [4.78, 5) is 20.2. The molecule has 0 saturated heterocycles. The number of carboxylic acid groups (broad SMARTS) is 1. The minimum absolute atomic E-state index is 0.0417. The molecule has 0 rings (SSSR count). The molecule has 0 heterocycles. The number of aliphatic carboxylic acids is 1. The predicted octanol–water partition coefficient (Wildman–Crippen LogP) is 3.61. The second kappa shape index (κ2) is 16.0. The van der Waals surface area contributed by atoms with Crippen LogP contribution in [0.1, 0.15) is 40.0 Å². The highest BCUT2D eigenvalue weighted by Gasteiger charge is 2.02. The second-order valence-electron chi connectivity index (χ2n) is 4.37. The van der Waals surface area contributed by atoms with Gasteiger partial charge in [-0.2, -0.15) is 0 Å². The Balaban J connectivity index is 0. The van der Waals surface area contributed by atoms with Crippen LogP contribution in [0.4, 0.5) is 0 Å². The van der Waals surface area contributed by atoms with Gasteiger partial charge in [-0.25, -0.2) is 4.79 Å². The molecule has 0 aromatic rings. The first-order valence-electron chi connectivity index (χ1n) is 7.08. The van der Waals surface area contributed by atoms with E-state index >= 15 is 0 Å². The van der Waals surface area contributed by atoms with E-state index in [1.54, 1.807) is 6.08 Å². The zero-order chi connectivity index (χ0) is 16.5. The van der Waals surface area contributed by atoms with Gasteiger partial charge in [0.25, 0.3) is 0 Å². The van der Waals surface area contributed by atoms with E-state index < -0.39 is 5.97 Å². The number of nitrogens with two attached hydrogens (primary N) is 1. The second-order valence-corrected chi connectivity index (χ2v) is 4.37. The van der Waals surface area contributed by atoms with Crippen molar-refractivity contribution >= 4 is 11.9 Å². The summed E-state index contributed by atoms with van der Waals surface area (Å²) in [6.45, 7) is 5.73. The van der Waals surface area contributed by atoms with Crippen molar-refractivity contribution in [3.63, 3.8) is 0 Å². The number of primary amides is 1. The summed E-state index contributed by atoms with van der Waals surface area (Å²) in [5, 5.41) is 8.27. The summed E-state index contributed by atoms with van der Waals surface area (Å²) in [6, 6.07) is 0. The van der Waals surface area contributed by atoms with Gasteiger partial charge in [-0.1, -0.05) is 56.4 Å². The van der Waals surface area contributed by atoms with Gasteiger partial charge in [0, 0.05) is 12.0 Å². The molecule has 0 aromatic heterocycles. The third kappa shape index (κ3) is 20.4. The Morgan fingerprint density at radius 2 is 1.62 bits per heavy atom. The van der Waals surface area contributed by atoms with Crippen molar-refractivity contribution in [1.82, 2.24) is 0 Å². The van der Waals surface area contributed by atoms with E-state index in [0.717, 1.165) is 25.3 Å². The molecule has 1 unspecified atom stereocenters. The fraction of sp³-hybridized carbons (Fsp3) is 0.412. The number of rotatable bonds is 8. The van der Waals surface area contributed by atoms with Crippen LogP contribution in [-0.2, 0) is 9.59 Å². The largest absolute Gasteiger partial charge is 0.478 e. The Labute approximate surface area is 127 Å². The predicted molar refractivity (Wildman–Crippen MR) is 87.8 cm³/mol. The number of amides is 1. The number of hydrogen-bond donors (Lipinski definition) is 2. The van der Waals surface area contributed by atoms with Gasteiger partial charge in [-0.15, -0.1) is 0 Å². The molecule has 0 fully saturated rings. The number of carbonyl (C=O) groups is 2. The van der Waals surface area contributed by atoms with Crippen LogP contribution in [0.3, 0.4) is 0 Å². The molecule has 0 aromatic carbocycles. The molecule has 0 saturated carbocycles. The molecule has 21 heavy (non-hydrogen) atoms. The molecule has 0 aliphatic rings. The molecule has 4 nitrogen and oxygen atoms in total. The molecule has 0 aliphatic carbocycles. The maximum absolute atomic E-state index is 10.2. The first-order valence-corrected chi connectivity index (χ1v) is 7.08. The standard InChI is InChI=1S/C12H16O2.C5H11NO/c1-2-3-4-5-6-7-8-9-10-11-12(13)14;1-3-4(2)5(6)7/h2-5,8-11H,6-7H2,1H3,(H,13,14);4H,3H2,1-2H3,(H2,6,7). The van der Waals surface area contributed by atoms with Crippen molar-refractivity contribution in [2.75, 3.05) is 0 Å². The minimum atomic E-state index is -0.914. The maximum atomic E-state index is 10.2. The Bertz CT molecular complexity index is 393. The fourth-order valence-electron chi connectivity index (χ4n) is 0.992. The van der Waals surface area contributed by atoms with Crippen molar-refractivity contribution in [3.05, 3.63) is 48.6 Å². The van der Waals surface area contributed by atoms with Gasteiger partial charge < -0.3 is 10.8 Å². The van der Waals surface area contributed by atoms with Crippen molar-refractivity contribution in [2.45, 2.75) is 40.0 Å². The van der Waals surface area contributed by atoms with Crippen LogP contribution in [0.5, 0.6) is 0 Å². The van der Waals surface area contributed by atoms with Gasteiger partial charge in [-0.05, 0) is 26.2 Å². The van der Waals surface area contributed by atoms with Gasteiger partial charge in [0.15, 0.2) is 0 Å². The summed E-state index contributed by atoms with van der Waals surface area (Å²) in [7, 11) is 0. The third-order valence-electron chi connectivity index (χ3n) is 2.52. The van der Waals surface area contributed by atoms with E-state index in [2.05, 4.69) is 6.08 Å². The molecule has 0 spiro atoms. The molecular weight excluding hydrogens is 266 g/mol. The van der Waals surface area contributed by atoms with Crippen molar-refractivity contribution in [2.24, 2.45) is 11.7 Å². The van der Waals surface area contributed by atoms with Crippen LogP contribution >= 0.6 is 0 Å². The van der Waals surface area contributed by atoms with Gasteiger partial charge in [-0.3, -0.25) is 4.79 Å². The quantitative estimate of drug-likeness (QED) is 0.407. The van der Waals surface area contributed by atoms with Gasteiger partial charge >= 0.3 is 5.97 Å². The average molecular weight is 293 g/mol. The highest BCUT2D eigenvalue weighted by Crippen LogP contribution is 1.96. The van der Waals surface area contributed by atoms with E-state index in [1.165, 1.54) is 6.08 Å². The van der Waals surface area contributed by atoms with Crippen molar-refractivity contribution in [1.29, 1.82) is 0 Å². The normalized spacial score (nSPS) is 12.9. The van der Waals surface area contributed by atoms with Gasteiger partial charge in [0.1, 0.15) is 0 Å². The number of allylic oxidation sites excluding steroid dienone is 7. The maximum Gasteiger partial charge on any atom is 0.328 e. The third-order valence-corrected chi connectivity index (χ3v) is 2.52. The molecule has 0 bridgehead atoms. The van der Waals surface area contributed by atoms with Crippen molar-refractivity contribution in [3.8, 4) is 0 Å². The topological polar surface area (TPSA) is 80.4 Å². The fourth-order valence-corrected chi connectivity index (χ4v) is 0.992. The van der Waals surface area contributed by atoms with Crippen molar-refractivity contribution < 1.29 is 14.7 Å². The van der Waals surface area contributed by atoms with E-state index in [1.807, 2.05) is 45.1 Å². The Kier molecular flexibility index (Phi) is 16.1. The number of carbonyl (C=O) groups excluding carboxylic acids is 1. The van der Waals surface area contributed by atoms with E-state index in [-0.39, 0.29) is 11.8 Å². The Morgan fingerprint density at radius 1 is 1.10 bits per heavy atom. The summed E-state index contributed by atoms with van der Waals surface area (Å²) in [6.07, 6.45) is 17.1. The summed E-state index contributed by atoms with van der Waals surface area (Å²) in [5.41, 5.74) is 4.91. The zero-order valence-corrected chi connectivity index (χ0v) is 13.2. The first kappa shape index (κ1) is 21.2. The van der Waals surface area contributed by atoms with Crippen LogP contribution in [0.2, 0.25) is 0 Å². The molecule has 4 heteroatoms. The molecule has 1 amide bonds. The van der Waals surface area contributed by atoms with Crippen LogP contribution in [-0.4, -0.2) is 17.0 Å². The average Bonchev–Trinajstić information content (AvgIpc) is 2.45. The zero-order valence-electron chi connectivity index (χ0n) is 13.2. The molecule has 118 valence electrons. The van der Waals surface area contributed by atoms with Gasteiger partial charge in [0.05, 0.1) is 0 Å². The van der Waals surface area contributed by atoms with E-state index in [9.17, 15) is 9.59 Å². The lowest BCUT2D eigenvalue weighted by Gasteiger charge is -1.98. The molecular formula is C17H27NO3. The van der Waals surface area contributed by atoms with E-state index in [0.29, 0.717) is 0 Å². The lowest BCUT2D eigenvalue weighted by molar-refractivity contribution is -0.131. The number of hydrogen-bond acceptors (Lipinski definition) is 2. The first-order chi connectivity index (χ1) is 9.95. The summed E-state index contributed by atoms with van der Waals surface area (Å²) in [5.74, 6) is -1.08. The number of carboxylic acids is 1. The summed E-state index contributed by atoms with van der Waals surface area (Å²) >= 11 is 0. The van der Waals surface area contributed by atoms with Crippen LogP contribution in [0.25, 0.3) is 0 Å². The van der Waals surface area contributed by atoms with Gasteiger partial charge in [0.2, 0.25) is 5.91 Å². The Morgan fingerprint density at radius 3 is 1.95 bits per heavy atom. The SMILES string of the molecule is CC=CC=CCCC=CC=CC(=O)O.CCC(C)C(N)=O.